The maximum Gasteiger partial charge on any atom is 0.410 e. The number of unbranched alkanes of at least 4 members (excludes halogenated alkanes) is 3. The molecule has 1 radical (unpaired) electrons. The van der Waals surface area contributed by atoms with Crippen LogP contribution in [-0.2, 0) is 47.0 Å². The Kier molecular flexibility index (Phi) is 40.8. The van der Waals surface area contributed by atoms with E-state index in [-0.39, 0.29) is 80.5 Å². The number of nitrogens with one attached hydrogen (secondary N) is 1. The predicted molar refractivity (Wildman–Crippen MR) is 137 cm³/mol. The second-order valence-corrected chi connectivity index (χ2v) is 7.56. The van der Waals surface area contributed by atoms with E-state index in [1.165, 1.54) is 24.2 Å². The summed E-state index contributed by atoms with van der Waals surface area (Å²) in [7, 11) is 0. The molecule has 0 spiro atoms. The summed E-state index contributed by atoms with van der Waals surface area (Å²) >= 11 is 0. The summed E-state index contributed by atoms with van der Waals surface area (Å²) in [6, 6.07) is -0.391. The number of nitrogens with zero attached hydrogens (tertiary/aromatic N) is 1. The van der Waals surface area contributed by atoms with Crippen LogP contribution in [0, 0.1) is 0 Å². The molecule has 0 bridgehead atoms. The summed E-state index contributed by atoms with van der Waals surface area (Å²) < 4.78 is 10.6. The van der Waals surface area contributed by atoms with Gasteiger partial charge in [0.15, 0.2) is 0 Å². The minimum atomic E-state index is -0.391. The van der Waals surface area contributed by atoms with Crippen molar-refractivity contribution in [3.63, 3.8) is 0 Å². The zero-order valence-corrected chi connectivity index (χ0v) is 21.8. The van der Waals surface area contributed by atoms with Gasteiger partial charge >= 0.3 is 6.09 Å². The van der Waals surface area contributed by atoms with Crippen molar-refractivity contribution in [1.29, 1.82) is 0 Å². The standard InChI is InChI=1S/C16H30N2O4.C5H12.4CH4.Y/c1-12(2)21-11-6-5-9-17-15(19)14-8-7-10-18(14)16(20)22-13(3)4;1-3-5-4-2;;;;;/h12-14H,5-11H2,1-4H3,(H,17,19);3-5H2,1-2H3;4*1H4;/t14-;;;;;;/m0....../s1. The first-order chi connectivity index (χ1) is 12.8. The molecule has 7 heteroatoms. The Morgan fingerprint density at radius 2 is 1.50 bits per heavy atom. The maximum atomic E-state index is 12.2. The molecule has 1 N–H and O–H groups in total. The zero-order valence-electron chi connectivity index (χ0n) is 19.0. The molecule has 1 rings (SSSR count). The van der Waals surface area contributed by atoms with E-state index in [1.807, 2.05) is 27.7 Å². The van der Waals surface area contributed by atoms with Crippen molar-refractivity contribution >= 4 is 12.0 Å². The van der Waals surface area contributed by atoms with Crippen molar-refractivity contribution in [1.82, 2.24) is 10.2 Å². The fourth-order valence-corrected chi connectivity index (χ4v) is 2.76. The minimum absolute atomic E-state index is 0. The molecule has 1 saturated heterocycles. The third-order valence-electron chi connectivity index (χ3n) is 4.16. The smallest absolute Gasteiger partial charge is 0.410 e. The SMILES string of the molecule is C.C.C.C.CC(C)OCCCCNC(=O)[C@@H]1CCCN1C(=O)OC(C)C.CCCCC.[Y]. The molecule has 0 aromatic heterocycles. The van der Waals surface area contributed by atoms with Crippen molar-refractivity contribution in [3.8, 4) is 0 Å². The molecule has 1 heterocycles. The third-order valence-corrected chi connectivity index (χ3v) is 4.16. The molecule has 2 amide bonds. The average Bonchev–Trinajstić information content (AvgIpc) is 3.08. The van der Waals surface area contributed by atoms with Crippen LogP contribution in [0.4, 0.5) is 4.79 Å². The van der Waals surface area contributed by atoms with Gasteiger partial charge in [0.1, 0.15) is 6.04 Å². The molecule has 1 fully saturated rings. The first kappa shape index (κ1) is 45.3. The second-order valence-electron chi connectivity index (χ2n) is 7.56. The normalized spacial score (nSPS) is 13.8. The fourth-order valence-electron chi connectivity index (χ4n) is 2.76. The Labute approximate surface area is 227 Å². The van der Waals surface area contributed by atoms with Crippen molar-refractivity contribution < 1.29 is 51.8 Å². The number of amides is 2. The molecule has 0 aromatic carbocycles. The Morgan fingerprint density at radius 1 is 0.938 bits per heavy atom. The summed E-state index contributed by atoms with van der Waals surface area (Å²) in [4.78, 5) is 25.7. The number of hydrogen-bond acceptors (Lipinski definition) is 4. The Hall–Kier alpha value is -0.196. The van der Waals surface area contributed by atoms with E-state index < -0.39 is 12.1 Å². The molecule has 0 saturated carbocycles. The Morgan fingerprint density at radius 3 is 1.94 bits per heavy atom. The van der Waals surface area contributed by atoms with Crippen molar-refractivity contribution in [2.75, 3.05) is 19.7 Å². The van der Waals surface area contributed by atoms with Gasteiger partial charge in [-0.1, -0.05) is 62.8 Å². The van der Waals surface area contributed by atoms with Crippen molar-refractivity contribution in [3.05, 3.63) is 0 Å². The van der Waals surface area contributed by atoms with Crippen LogP contribution >= 0.6 is 0 Å². The van der Waals surface area contributed by atoms with Crippen LogP contribution in [0.1, 0.15) is 116 Å². The molecule has 1 aliphatic heterocycles. The second kappa shape index (κ2) is 28.8. The number of rotatable bonds is 10. The van der Waals surface area contributed by atoms with Crippen LogP contribution in [0.25, 0.3) is 0 Å². The summed E-state index contributed by atoms with van der Waals surface area (Å²) in [5.41, 5.74) is 0. The van der Waals surface area contributed by atoms with Gasteiger partial charge < -0.3 is 14.8 Å². The molecule has 0 unspecified atom stereocenters. The summed E-state index contributed by atoms with van der Waals surface area (Å²) in [6.07, 6.45) is 7.10. The molecule has 0 aromatic rings. The van der Waals surface area contributed by atoms with E-state index in [0.717, 1.165) is 19.3 Å². The van der Waals surface area contributed by atoms with Gasteiger partial charge in [-0.25, -0.2) is 4.79 Å². The average molecular weight is 540 g/mol. The molecule has 0 aliphatic carbocycles. The van der Waals surface area contributed by atoms with Gasteiger partial charge in [-0.05, 0) is 53.4 Å². The van der Waals surface area contributed by atoms with Crippen LogP contribution in [-0.4, -0.2) is 54.8 Å². The van der Waals surface area contributed by atoms with Crippen LogP contribution in [0.5, 0.6) is 0 Å². The predicted octanol–water partition coefficient (Wildman–Crippen LogP) is 7.06. The van der Waals surface area contributed by atoms with Gasteiger partial charge in [-0.15, -0.1) is 0 Å². The summed E-state index contributed by atoms with van der Waals surface area (Å²) in [5, 5.41) is 2.91. The quantitative estimate of drug-likeness (QED) is 0.302. The van der Waals surface area contributed by atoms with E-state index in [4.69, 9.17) is 9.47 Å². The molecule has 195 valence electrons. The van der Waals surface area contributed by atoms with Gasteiger partial charge in [0.2, 0.25) is 5.91 Å². The number of hydrogen-bond donors (Lipinski definition) is 1. The fraction of sp³-hybridized carbons (Fsp3) is 0.920. The van der Waals surface area contributed by atoms with Crippen molar-refractivity contribution in [2.45, 2.75) is 134 Å². The maximum absolute atomic E-state index is 12.2. The Balaban J connectivity index is -0.000000153. The first-order valence-electron chi connectivity index (χ1n) is 10.7. The van der Waals surface area contributed by atoms with Crippen LogP contribution in [0.2, 0.25) is 0 Å². The number of carbonyl (C=O) groups is 2. The van der Waals surface area contributed by atoms with Gasteiger partial charge in [0.25, 0.3) is 0 Å². The van der Waals surface area contributed by atoms with E-state index in [9.17, 15) is 9.59 Å². The van der Waals surface area contributed by atoms with Gasteiger partial charge in [-0.3, -0.25) is 9.69 Å². The molecule has 32 heavy (non-hydrogen) atoms. The Bertz CT molecular complexity index is 405. The van der Waals surface area contributed by atoms with E-state index in [1.54, 1.807) is 0 Å². The number of carbonyl (C=O) groups excluding carboxylic acids is 2. The van der Waals surface area contributed by atoms with Crippen LogP contribution in [0.15, 0.2) is 0 Å². The van der Waals surface area contributed by atoms with Crippen molar-refractivity contribution in [2.24, 2.45) is 0 Å². The summed E-state index contributed by atoms with van der Waals surface area (Å²) in [6.45, 7) is 14.0. The van der Waals surface area contributed by atoms with Gasteiger partial charge in [0, 0.05) is 52.4 Å². The molecular weight excluding hydrogens is 481 g/mol. The zero-order chi connectivity index (χ0) is 20.7. The van der Waals surface area contributed by atoms with Gasteiger partial charge in [0.05, 0.1) is 12.2 Å². The van der Waals surface area contributed by atoms with E-state index in [0.29, 0.717) is 26.1 Å². The van der Waals surface area contributed by atoms with Gasteiger partial charge in [-0.2, -0.15) is 0 Å². The molecule has 6 nitrogen and oxygen atoms in total. The largest absolute Gasteiger partial charge is 0.447 e. The number of ether oxygens (including phenoxy) is 2. The first-order valence-corrected chi connectivity index (χ1v) is 10.7. The molecule has 1 atom stereocenters. The topological polar surface area (TPSA) is 67.9 Å². The van der Waals surface area contributed by atoms with E-state index in [2.05, 4.69) is 19.2 Å². The number of likely N-dealkylation sites (tertiary alicyclic amines) is 1. The molecule has 1 aliphatic rings. The third kappa shape index (κ3) is 23.0. The van der Waals surface area contributed by atoms with Crippen LogP contribution < -0.4 is 5.32 Å². The summed E-state index contributed by atoms with van der Waals surface area (Å²) in [5.74, 6) is -0.0806. The van der Waals surface area contributed by atoms with E-state index >= 15 is 0 Å². The minimum Gasteiger partial charge on any atom is -0.447 e. The van der Waals surface area contributed by atoms with Crippen LogP contribution in [0.3, 0.4) is 0 Å². The molecular formula is C25H58N2O4Y. The monoisotopic (exact) mass is 539 g/mol.